The van der Waals surface area contributed by atoms with Crippen molar-refractivity contribution < 1.29 is 23.1 Å². The minimum Gasteiger partial charge on any atom is -0.355 e. The van der Waals surface area contributed by atoms with E-state index in [0.717, 1.165) is 12.8 Å². The van der Waals surface area contributed by atoms with Crippen molar-refractivity contribution in [3.05, 3.63) is 0 Å². The number of hydrogen-bond acceptors (Lipinski definition) is 5. The predicted octanol–water partition coefficient (Wildman–Crippen LogP) is 6.08. The summed E-state index contributed by atoms with van der Waals surface area (Å²) in [5.74, 6) is 0. The zero-order valence-electron chi connectivity index (χ0n) is 15.9. The van der Waals surface area contributed by atoms with Gasteiger partial charge in [-0.25, -0.2) is 0 Å². The van der Waals surface area contributed by atoms with Crippen LogP contribution in [0.5, 0.6) is 0 Å². The molecule has 0 saturated heterocycles. The lowest BCUT2D eigenvalue weighted by Crippen LogP contribution is -2.01. The Kier molecular flexibility index (Phi) is 21.2. The second kappa shape index (κ2) is 21.1. The van der Waals surface area contributed by atoms with Gasteiger partial charge in [-0.15, -0.1) is 0 Å². The first kappa shape index (κ1) is 24.1. The molecule has 6 heteroatoms. The predicted molar refractivity (Wildman–Crippen MR) is 99.6 cm³/mol. The highest BCUT2D eigenvalue weighted by Crippen LogP contribution is 2.23. The highest BCUT2D eigenvalue weighted by atomic mass is 31.1. The van der Waals surface area contributed by atoms with Gasteiger partial charge in [-0.3, -0.25) is 13.6 Å². The van der Waals surface area contributed by atoms with Crippen LogP contribution in [-0.4, -0.2) is 26.8 Å². The molecule has 0 amide bonds. The van der Waals surface area contributed by atoms with E-state index in [-0.39, 0.29) is 13.6 Å². The molecule has 5 nitrogen and oxygen atoms in total. The zero-order chi connectivity index (χ0) is 17.7. The Labute approximate surface area is 149 Å². The molecule has 0 rings (SSSR count). The monoisotopic (exact) mass is 366 g/mol. The van der Waals surface area contributed by atoms with Gasteiger partial charge < -0.3 is 9.47 Å². The molecular weight excluding hydrogens is 327 g/mol. The van der Waals surface area contributed by atoms with Gasteiger partial charge in [0.25, 0.3) is 0 Å². The van der Waals surface area contributed by atoms with E-state index in [1.807, 2.05) is 0 Å². The normalized spacial score (nSPS) is 11.5. The summed E-state index contributed by atoms with van der Waals surface area (Å²) in [6, 6.07) is 0. The van der Waals surface area contributed by atoms with E-state index in [0.29, 0.717) is 13.2 Å². The van der Waals surface area contributed by atoms with Gasteiger partial charge >= 0.3 is 8.25 Å². The van der Waals surface area contributed by atoms with Gasteiger partial charge in [0.2, 0.25) is 0 Å². The van der Waals surface area contributed by atoms with Crippen LogP contribution in [-0.2, 0) is 23.1 Å². The Bertz CT molecular complexity index is 240. The number of unbranched alkanes of at least 4 members (excludes halogenated alkanes) is 10. The molecule has 0 atom stereocenters. The molecule has 0 aromatic carbocycles. The van der Waals surface area contributed by atoms with Crippen molar-refractivity contribution in [1.82, 2.24) is 0 Å². The lowest BCUT2D eigenvalue weighted by molar-refractivity contribution is -0.0192. The van der Waals surface area contributed by atoms with Gasteiger partial charge in [-0.1, -0.05) is 78.1 Å². The van der Waals surface area contributed by atoms with Crippen molar-refractivity contribution >= 4 is 8.25 Å². The summed E-state index contributed by atoms with van der Waals surface area (Å²) in [6.07, 6.45) is 14.7. The van der Waals surface area contributed by atoms with E-state index in [9.17, 15) is 4.57 Å². The van der Waals surface area contributed by atoms with Crippen LogP contribution in [0, 0.1) is 0 Å². The zero-order valence-corrected chi connectivity index (χ0v) is 16.9. The Hall–Kier alpha value is 0.0700. The van der Waals surface area contributed by atoms with Gasteiger partial charge in [-0.2, -0.15) is 0 Å². The fourth-order valence-corrected chi connectivity index (χ4v) is 2.75. The lowest BCUT2D eigenvalue weighted by Gasteiger charge is -2.07. The maximum absolute atomic E-state index is 11.4. The highest BCUT2D eigenvalue weighted by molar-refractivity contribution is 7.33. The van der Waals surface area contributed by atoms with Crippen molar-refractivity contribution in [3.63, 3.8) is 0 Å². The van der Waals surface area contributed by atoms with Crippen LogP contribution >= 0.6 is 8.25 Å². The third kappa shape index (κ3) is 20.1. The molecule has 146 valence electrons. The van der Waals surface area contributed by atoms with Crippen molar-refractivity contribution in [2.45, 2.75) is 90.9 Å². The topological polar surface area (TPSA) is 54.0 Å². The van der Waals surface area contributed by atoms with Crippen LogP contribution in [0.25, 0.3) is 0 Å². The van der Waals surface area contributed by atoms with Gasteiger partial charge in [0, 0.05) is 13.2 Å². The van der Waals surface area contributed by atoms with Gasteiger partial charge in [0.05, 0.1) is 0 Å². The summed E-state index contributed by atoms with van der Waals surface area (Å²) in [5.41, 5.74) is 0. The minimum atomic E-state index is -2.50. The fraction of sp³-hybridized carbons (Fsp3) is 1.00. The quantitative estimate of drug-likeness (QED) is 0.148. The maximum Gasteiger partial charge on any atom is 0.323 e. The summed E-state index contributed by atoms with van der Waals surface area (Å²) in [7, 11) is -2.50. The highest BCUT2D eigenvalue weighted by Gasteiger charge is 2.00. The molecule has 0 saturated carbocycles. The van der Waals surface area contributed by atoms with Crippen LogP contribution in [0.1, 0.15) is 90.9 Å². The molecule has 0 aliphatic heterocycles. The molecule has 0 fully saturated rings. The summed E-state index contributed by atoms with van der Waals surface area (Å²) in [5, 5.41) is 0. The summed E-state index contributed by atoms with van der Waals surface area (Å²) in [4.78, 5) is 0. The van der Waals surface area contributed by atoms with Crippen LogP contribution < -0.4 is 0 Å². The van der Waals surface area contributed by atoms with Crippen molar-refractivity contribution in [3.8, 4) is 0 Å². The SMILES string of the molecule is CCCCCCCCOCO[PH](=O)OCOCCCCCCCC. The van der Waals surface area contributed by atoms with Gasteiger partial charge in [0.1, 0.15) is 0 Å². The second-order valence-electron chi connectivity index (χ2n) is 6.13. The minimum absolute atomic E-state index is 0.0319. The first-order valence-electron chi connectivity index (χ1n) is 9.76. The molecule has 0 heterocycles. The summed E-state index contributed by atoms with van der Waals surface area (Å²) >= 11 is 0. The van der Waals surface area contributed by atoms with Crippen LogP contribution in [0.3, 0.4) is 0 Å². The van der Waals surface area contributed by atoms with Crippen LogP contribution in [0.15, 0.2) is 0 Å². The molecule has 0 radical (unpaired) electrons. The van der Waals surface area contributed by atoms with Gasteiger partial charge in [-0.05, 0) is 12.8 Å². The maximum atomic E-state index is 11.4. The Balaban J connectivity index is 3.13. The molecule has 0 spiro atoms. The van der Waals surface area contributed by atoms with E-state index in [1.165, 1.54) is 64.2 Å². The van der Waals surface area contributed by atoms with Crippen molar-refractivity contribution in [2.24, 2.45) is 0 Å². The van der Waals surface area contributed by atoms with E-state index >= 15 is 0 Å². The van der Waals surface area contributed by atoms with Crippen LogP contribution in [0.2, 0.25) is 0 Å². The number of ether oxygens (including phenoxy) is 2. The Morgan fingerprint density at radius 1 is 0.583 bits per heavy atom. The Morgan fingerprint density at radius 2 is 0.958 bits per heavy atom. The average molecular weight is 366 g/mol. The van der Waals surface area contributed by atoms with E-state index < -0.39 is 8.25 Å². The lowest BCUT2D eigenvalue weighted by atomic mass is 10.1. The summed E-state index contributed by atoms with van der Waals surface area (Å²) in [6.45, 7) is 5.79. The third-order valence-electron chi connectivity index (χ3n) is 3.80. The van der Waals surface area contributed by atoms with Crippen molar-refractivity contribution in [2.75, 3.05) is 26.8 Å². The molecule has 0 aliphatic carbocycles. The van der Waals surface area contributed by atoms with E-state index in [4.69, 9.17) is 18.5 Å². The Morgan fingerprint density at radius 3 is 1.38 bits per heavy atom. The fourth-order valence-electron chi connectivity index (χ4n) is 2.31. The molecule has 0 aromatic heterocycles. The van der Waals surface area contributed by atoms with E-state index in [2.05, 4.69) is 13.8 Å². The third-order valence-corrected chi connectivity index (χ3v) is 4.51. The van der Waals surface area contributed by atoms with Crippen LogP contribution in [0.4, 0.5) is 0 Å². The first-order valence-corrected chi connectivity index (χ1v) is 11.0. The molecule has 0 bridgehead atoms. The molecule has 24 heavy (non-hydrogen) atoms. The van der Waals surface area contributed by atoms with E-state index in [1.54, 1.807) is 0 Å². The van der Waals surface area contributed by atoms with Crippen molar-refractivity contribution in [1.29, 1.82) is 0 Å². The molecule has 0 aromatic rings. The standard InChI is InChI=1S/C18H39O5P/c1-3-5-7-9-11-13-15-20-17-22-24(19)23-18-21-16-14-12-10-8-6-4-2/h24H,3-18H2,1-2H3. The second-order valence-corrected chi connectivity index (χ2v) is 7.20. The molecule has 0 unspecified atom stereocenters. The average Bonchev–Trinajstić information content (AvgIpc) is 2.59. The summed E-state index contributed by atoms with van der Waals surface area (Å²) < 4.78 is 32.0. The first-order chi connectivity index (χ1) is 11.8. The molecule has 0 aliphatic rings. The molecule has 0 N–H and O–H groups in total. The van der Waals surface area contributed by atoms with Gasteiger partial charge in [0.15, 0.2) is 13.6 Å². The number of hydrogen-bond donors (Lipinski definition) is 0. The number of rotatable bonds is 20. The largest absolute Gasteiger partial charge is 0.355 e. The molecular formula is C18H39O5P. The smallest absolute Gasteiger partial charge is 0.323 e.